The summed E-state index contributed by atoms with van der Waals surface area (Å²) in [6.45, 7) is 2.09. The smallest absolute Gasteiger partial charge is 0.367 e. The third-order valence-electron chi connectivity index (χ3n) is 2.30. The molecule has 0 N–H and O–H groups in total. The molecular formula is C13H12FNO2S. The lowest BCUT2D eigenvalue weighted by molar-refractivity contribution is 0.0525. The van der Waals surface area contributed by atoms with Gasteiger partial charge in [-0.1, -0.05) is 12.1 Å². The molecule has 0 atom stereocenters. The standard InChI is InChI=1S/C13H12FNO2S/c1-2-17-13(16)12-15-11(8-18-12)7-9-3-5-10(14)6-4-9/h3-6,8H,2,7H2,1H3. The number of halogens is 1. The van der Waals surface area contributed by atoms with Crippen LogP contribution in [0.1, 0.15) is 28.0 Å². The van der Waals surface area contributed by atoms with Crippen LogP contribution in [0.4, 0.5) is 4.39 Å². The molecule has 0 unspecified atom stereocenters. The molecule has 2 rings (SSSR count). The molecule has 0 aliphatic heterocycles. The van der Waals surface area contributed by atoms with Crippen LogP contribution in [-0.2, 0) is 11.2 Å². The third kappa shape index (κ3) is 3.13. The Kier molecular flexibility index (Phi) is 4.04. The summed E-state index contributed by atoms with van der Waals surface area (Å²) in [7, 11) is 0. The first-order valence-electron chi connectivity index (χ1n) is 5.55. The minimum absolute atomic E-state index is 0.260. The van der Waals surface area contributed by atoms with Crippen molar-refractivity contribution in [3.05, 3.63) is 51.7 Å². The average Bonchev–Trinajstić information content (AvgIpc) is 2.81. The molecule has 0 aliphatic rings. The maximum atomic E-state index is 12.7. The zero-order valence-electron chi connectivity index (χ0n) is 9.85. The summed E-state index contributed by atoms with van der Waals surface area (Å²) in [5.74, 6) is -0.655. The number of nitrogens with zero attached hydrogens (tertiary/aromatic N) is 1. The molecule has 1 heterocycles. The van der Waals surface area contributed by atoms with Crippen molar-refractivity contribution in [2.24, 2.45) is 0 Å². The van der Waals surface area contributed by atoms with Gasteiger partial charge in [0.15, 0.2) is 0 Å². The van der Waals surface area contributed by atoms with Crippen molar-refractivity contribution in [3.8, 4) is 0 Å². The minimum Gasteiger partial charge on any atom is -0.461 e. The van der Waals surface area contributed by atoms with E-state index in [1.165, 1.54) is 23.5 Å². The number of hydrogen-bond acceptors (Lipinski definition) is 4. The van der Waals surface area contributed by atoms with Crippen LogP contribution in [0.5, 0.6) is 0 Å². The largest absolute Gasteiger partial charge is 0.461 e. The Labute approximate surface area is 108 Å². The second-order valence-corrected chi connectivity index (χ2v) is 4.53. The van der Waals surface area contributed by atoms with Crippen LogP contribution < -0.4 is 0 Å². The number of esters is 1. The van der Waals surface area contributed by atoms with Crippen molar-refractivity contribution in [2.45, 2.75) is 13.3 Å². The van der Waals surface area contributed by atoms with E-state index in [-0.39, 0.29) is 5.82 Å². The van der Waals surface area contributed by atoms with E-state index in [2.05, 4.69) is 4.98 Å². The molecule has 94 valence electrons. The van der Waals surface area contributed by atoms with Crippen molar-refractivity contribution < 1.29 is 13.9 Å². The highest BCUT2D eigenvalue weighted by Crippen LogP contribution is 2.15. The number of benzene rings is 1. The summed E-state index contributed by atoms with van der Waals surface area (Å²) in [6.07, 6.45) is 0.580. The zero-order chi connectivity index (χ0) is 13.0. The quantitative estimate of drug-likeness (QED) is 0.798. The molecule has 0 saturated carbocycles. The van der Waals surface area contributed by atoms with E-state index < -0.39 is 5.97 Å². The molecule has 1 aromatic carbocycles. The van der Waals surface area contributed by atoms with Crippen LogP contribution >= 0.6 is 11.3 Å². The van der Waals surface area contributed by atoms with E-state index in [1.54, 1.807) is 19.1 Å². The normalized spacial score (nSPS) is 10.3. The van der Waals surface area contributed by atoms with Gasteiger partial charge in [-0.05, 0) is 24.6 Å². The summed E-state index contributed by atoms with van der Waals surface area (Å²) in [6, 6.07) is 6.24. The number of rotatable bonds is 4. The lowest BCUT2D eigenvalue weighted by Crippen LogP contribution is -2.04. The first kappa shape index (κ1) is 12.7. The van der Waals surface area contributed by atoms with Crippen molar-refractivity contribution in [1.82, 2.24) is 4.98 Å². The van der Waals surface area contributed by atoms with Gasteiger partial charge in [0.25, 0.3) is 0 Å². The van der Waals surface area contributed by atoms with Crippen LogP contribution in [0.15, 0.2) is 29.6 Å². The van der Waals surface area contributed by atoms with Gasteiger partial charge in [0, 0.05) is 11.8 Å². The minimum atomic E-state index is -0.396. The lowest BCUT2D eigenvalue weighted by atomic mass is 10.1. The number of ether oxygens (including phenoxy) is 1. The highest BCUT2D eigenvalue weighted by atomic mass is 32.1. The molecule has 3 nitrogen and oxygen atoms in total. The fraction of sp³-hybridized carbons (Fsp3) is 0.231. The van der Waals surface area contributed by atoms with Crippen LogP contribution in [0.3, 0.4) is 0 Å². The van der Waals surface area contributed by atoms with E-state index >= 15 is 0 Å². The topological polar surface area (TPSA) is 39.2 Å². The number of aromatic nitrogens is 1. The first-order chi connectivity index (χ1) is 8.69. The van der Waals surface area contributed by atoms with Gasteiger partial charge in [-0.3, -0.25) is 0 Å². The van der Waals surface area contributed by atoms with Gasteiger partial charge in [0.2, 0.25) is 5.01 Å². The Bertz CT molecular complexity index is 536. The lowest BCUT2D eigenvalue weighted by Gasteiger charge is -1.98. The van der Waals surface area contributed by atoms with E-state index in [9.17, 15) is 9.18 Å². The van der Waals surface area contributed by atoms with Gasteiger partial charge in [-0.25, -0.2) is 14.2 Å². The maximum Gasteiger partial charge on any atom is 0.367 e. The first-order valence-corrected chi connectivity index (χ1v) is 6.43. The van der Waals surface area contributed by atoms with Crippen LogP contribution in [-0.4, -0.2) is 17.6 Å². The van der Waals surface area contributed by atoms with E-state index in [0.717, 1.165) is 11.3 Å². The van der Waals surface area contributed by atoms with E-state index in [4.69, 9.17) is 4.74 Å². The molecular weight excluding hydrogens is 253 g/mol. The van der Waals surface area contributed by atoms with Crippen molar-refractivity contribution in [2.75, 3.05) is 6.61 Å². The SMILES string of the molecule is CCOC(=O)c1nc(Cc2ccc(F)cc2)cs1. The monoisotopic (exact) mass is 265 g/mol. The second kappa shape index (κ2) is 5.73. The number of hydrogen-bond donors (Lipinski definition) is 0. The molecule has 18 heavy (non-hydrogen) atoms. The Morgan fingerprint density at radius 3 is 2.78 bits per heavy atom. The molecule has 0 fully saturated rings. The molecule has 0 amide bonds. The predicted octanol–water partition coefficient (Wildman–Crippen LogP) is 3.05. The molecule has 0 bridgehead atoms. The molecule has 0 aliphatic carbocycles. The summed E-state index contributed by atoms with van der Waals surface area (Å²) < 4.78 is 17.6. The molecule has 5 heteroatoms. The third-order valence-corrected chi connectivity index (χ3v) is 3.17. The zero-order valence-corrected chi connectivity index (χ0v) is 10.7. The van der Waals surface area contributed by atoms with Gasteiger partial charge < -0.3 is 4.74 Å². The number of carbonyl (C=O) groups is 1. The molecule has 2 aromatic rings. The summed E-state index contributed by atoms with van der Waals surface area (Å²) in [5, 5.41) is 2.17. The maximum absolute atomic E-state index is 12.7. The summed E-state index contributed by atoms with van der Waals surface area (Å²) >= 11 is 1.26. The fourth-order valence-corrected chi connectivity index (χ4v) is 2.19. The second-order valence-electron chi connectivity index (χ2n) is 3.67. The fourth-order valence-electron chi connectivity index (χ4n) is 1.49. The van der Waals surface area contributed by atoms with Crippen molar-refractivity contribution >= 4 is 17.3 Å². The van der Waals surface area contributed by atoms with Gasteiger partial charge in [0.05, 0.1) is 12.3 Å². The average molecular weight is 265 g/mol. The van der Waals surface area contributed by atoms with Gasteiger partial charge >= 0.3 is 5.97 Å². The number of carbonyl (C=O) groups excluding carboxylic acids is 1. The Balaban J connectivity index is 2.06. The van der Waals surface area contributed by atoms with Crippen LogP contribution in [0.25, 0.3) is 0 Å². The van der Waals surface area contributed by atoms with Crippen LogP contribution in [0, 0.1) is 5.82 Å². The molecule has 0 saturated heterocycles. The highest BCUT2D eigenvalue weighted by Gasteiger charge is 2.12. The summed E-state index contributed by atoms with van der Waals surface area (Å²) in [4.78, 5) is 15.6. The van der Waals surface area contributed by atoms with Gasteiger partial charge in [-0.2, -0.15) is 0 Å². The molecule has 1 aromatic heterocycles. The molecule has 0 spiro atoms. The predicted molar refractivity (Wildman–Crippen MR) is 67.3 cm³/mol. The molecule has 0 radical (unpaired) electrons. The summed E-state index contributed by atoms with van der Waals surface area (Å²) in [5.41, 5.74) is 1.74. The number of thiazole rings is 1. The van der Waals surface area contributed by atoms with Crippen LogP contribution in [0.2, 0.25) is 0 Å². The Morgan fingerprint density at radius 1 is 1.39 bits per heavy atom. The van der Waals surface area contributed by atoms with Crippen molar-refractivity contribution in [1.29, 1.82) is 0 Å². The van der Waals surface area contributed by atoms with Crippen molar-refractivity contribution in [3.63, 3.8) is 0 Å². The van der Waals surface area contributed by atoms with Gasteiger partial charge in [-0.15, -0.1) is 11.3 Å². The Morgan fingerprint density at radius 2 is 2.11 bits per heavy atom. The van der Waals surface area contributed by atoms with E-state index in [0.29, 0.717) is 18.0 Å². The Hall–Kier alpha value is -1.75. The van der Waals surface area contributed by atoms with Gasteiger partial charge in [0.1, 0.15) is 5.82 Å². The highest BCUT2D eigenvalue weighted by molar-refractivity contribution is 7.11. The van der Waals surface area contributed by atoms with E-state index in [1.807, 2.05) is 5.38 Å².